The molecule has 0 saturated heterocycles. The van der Waals surface area contributed by atoms with Gasteiger partial charge in [0.2, 0.25) is 0 Å². The molecule has 3 rings (SSSR count). The van der Waals surface area contributed by atoms with Crippen LogP contribution in [-0.2, 0) is 4.79 Å². The number of hydrogen-bond acceptors (Lipinski definition) is 2. The third kappa shape index (κ3) is 1.06. The Balaban J connectivity index is 2.31. The van der Waals surface area contributed by atoms with Crippen LogP contribution in [0.4, 0.5) is 0 Å². The first-order valence-corrected chi connectivity index (χ1v) is 4.71. The summed E-state index contributed by atoms with van der Waals surface area (Å²) < 4.78 is 0. The van der Waals surface area contributed by atoms with Crippen molar-refractivity contribution in [3.63, 3.8) is 0 Å². The van der Waals surface area contributed by atoms with E-state index < -0.39 is 0 Å². The van der Waals surface area contributed by atoms with Crippen molar-refractivity contribution in [1.82, 2.24) is 0 Å². The molecule has 0 spiro atoms. The first-order chi connectivity index (χ1) is 5.83. The second kappa shape index (κ2) is 2.92. The number of aliphatic hydroxyl groups excluding tert-OH is 1. The van der Waals surface area contributed by atoms with E-state index in [9.17, 15) is 4.79 Å². The van der Waals surface area contributed by atoms with Gasteiger partial charge >= 0.3 is 0 Å². The molecule has 3 fully saturated rings. The topological polar surface area (TPSA) is 37.3 Å². The van der Waals surface area contributed by atoms with E-state index >= 15 is 0 Å². The van der Waals surface area contributed by atoms with Gasteiger partial charge in [-0.15, -0.1) is 0 Å². The summed E-state index contributed by atoms with van der Waals surface area (Å²) in [5.74, 6) is 0.801. The fraction of sp³-hybridized carbons (Fsp3) is 0.700. The van der Waals surface area contributed by atoms with Crippen LogP contribution in [0.5, 0.6) is 0 Å². The highest BCUT2D eigenvalue weighted by Gasteiger charge is 2.35. The maximum Gasteiger partial charge on any atom is 0.165 e. The van der Waals surface area contributed by atoms with E-state index in [1.807, 2.05) is 0 Å². The lowest BCUT2D eigenvalue weighted by Gasteiger charge is -2.23. The minimum atomic E-state index is 0.214. The molecule has 0 aromatic heterocycles. The second-order valence-electron chi connectivity index (χ2n) is 3.85. The predicted molar refractivity (Wildman–Crippen MR) is 45.8 cm³/mol. The van der Waals surface area contributed by atoms with Gasteiger partial charge in [0.05, 0.1) is 6.26 Å². The number of fused-ring (bicyclic) bond motifs is 4. The van der Waals surface area contributed by atoms with Gasteiger partial charge in [0.1, 0.15) is 0 Å². The van der Waals surface area contributed by atoms with Crippen LogP contribution >= 0.6 is 0 Å². The van der Waals surface area contributed by atoms with Gasteiger partial charge in [-0.1, -0.05) is 6.42 Å². The molecule has 3 aliphatic rings. The molecule has 2 atom stereocenters. The minimum Gasteiger partial charge on any atom is -0.515 e. The molecule has 0 amide bonds. The fourth-order valence-electron chi connectivity index (χ4n) is 2.48. The summed E-state index contributed by atoms with van der Waals surface area (Å²) in [6, 6.07) is 0. The van der Waals surface area contributed by atoms with Crippen molar-refractivity contribution < 1.29 is 9.90 Å². The van der Waals surface area contributed by atoms with Crippen LogP contribution in [0.2, 0.25) is 0 Å². The van der Waals surface area contributed by atoms with E-state index in [1.165, 1.54) is 0 Å². The predicted octanol–water partition coefficient (Wildman–Crippen LogP) is 2.21. The number of ketones is 1. The number of rotatable bonds is 0. The van der Waals surface area contributed by atoms with Crippen LogP contribution in [0, 0.1) is 11.8 Å². The van der Waals surface area contributed by atoms with Crippen LogP contribution < -0.4 is 0 Å². The van der Waals surface area contributed by atoms with Gasteiger partial charge in [-0.3, -0.25) is 4.79 Å². The SMILES string of the molecule is O=C1/C(=C/O)[C@H]2CCC[C@H]1CC2. The van der Waals surface area contributed by atoms with E-state index in [2.05, 4.69) is 0 Å². The summed E-state index contributed by atoms with van der Waals surface area (Å²) in [6.07, 6.45) is 6.47. The first-order valence-electron chi connectivity index (χ1n) is 4.71. The maximum atomic E-state index is 11.6. The Morgan fingerprint density at radius 2 is 1.83 bits per heavy atom. The molecule has 3 saturated carbocycles. The van der Waals surface area contributed by atoms with Gasteiger partial charge in [0, 0.05) is 11.5 Å². The molecule has 1 N–H and O–H groups in total. The zero-order valence-electron chi connectivity index (χ0n) is 7.12. The van der Waals surface area contributed by atoms with Crippen LogP contribution in [0.3, 0.4) is 0 Å². The average molecular weight is 166 g/mol. The van der Waals surface area contributed by atoms with Gasteiger partial charge < -0.3 is 5.11 Å². The van der Waals surface area contributed by atoms with Gasteiger partial charge in [-0.05, 0) is 31.6 Å². The average Bonchev–Trinajstić information content (AvgIpc) is 2.37. The third-order valence-corrected chi connectivity index (χ3v) is 3.20. The van der Waals surface area contributed by atoms with Gasteiger partial charge in [0.15, 0.2) is 5.78 Å². The van der Waals surface area contributed by atoms with Crippen molar-refractivity contribution >= 4 is 5.78 Å². The highest BCUT2D eigenvalue weighted by atomic mass is 16.2. The molecule has 0 aromatic rings. The monoisotopic (exact) mass is 166 g/mol. The molecule has 3 aliphatic carbocycles. The summed E-state index contributed by atoms with van der Waals surface area (Å²) in [4.78, 5) is 11.6. The molecular weight excluding hydrogens is 152 g/mol. The molecular formula is C10H14O2. The van der Waals surface area contributed by atoms with Crippen LogP contribution in [0.15, 0.2) is 11.8 Å². The maximum absolute atomic E-state index is 11.6. The molecule has 0 radical (unpaired) electrons. The summed E-state index contributed by atoms with van der Waals surface area (Å²) in [6.45, 7) is 0. The fourth-order valence-corrected chi connectivity index (χ4v) is 2.48. The number of hydrogen-bond donors (Lipinski definition) is 1. The second-order valence-corrected chi connectivity index (χ2v) is 3.85. The molecule has 2 bridgehead atoms. The van der Waals surface area contributed by atoms with Crippen LogP contribution in [0.25, 0.3) is 0 Å². The van der Waals surface area contributed by atoms with E-state index in [0.717, 1.165) is 38.4 Å². The lowest BCUT2D eigenvalue weighted by atomic mass is 9.79. The Bertz CT molecular complexity index is 226. The largest absolute Gasteiger partial charge is 0.515 e. The zero-order chi connectivity index (χ0) is 8.55. The van der Waals surface area contributed by atoms with E-state index in [4.69, 9.17) is 5.11 Å². The number of allylic oxidation sites excluding steroid dienone is 1. The minimum absolute atomic E-state index is 0.214. The normalized spacial score (nSPS) is 38.7. The zero-order valence-corrected chi connectivity index (χ0v) is 7.12. The Hall–Kier alpha value is -0.790. The van der Waals surface area contributed by atoms with Gasteiger partial charge in [0.25, 0.3) is 0 Å². The van der Waals surface area contributed by atoms with E-state index in [1.54, 1.807) is 0 Å². The summed E-state index contributed by atoms with van der Waals surface area (Å²) >= 11 is 0. The Labute approximate surface area is 72.3 Å². The lowest BCUT2D eigenvalue weighted by molar-refractivity contribution is -0.121. The van der Waals surface area contributed by atoms with Crippen molar-refractivity contribution in [2.45, 2.75) is 32.1 Å². The molecule has 0 heterocycles. The van der Waals surface area contributed by atoms with Crippen molar-refractivity contribution in [1.29, 1.82) is 0 Å². The standard InChI is InChI=1S/C10H14O2/c11-6-9-7-2-1-3-8(5-4-7)10(9)12/h6-8,11H,1-5H2/b9-6+/t7-,8-/m0/s1. The Morgan fingerprint density at radius 1 is 1.17 bits per heavy atom. The molecule has 0 aromatic carbocycles. The van der Waals surface area contributed by atoms with Crippen molar-refractivity contribution in [2.24, 2.45) is 11.8 Å². The van der Waals surface area contributed by atoms with Crippen molar-refractivity contribution in [2.75, 3.05) is 0 Å². The smallest absolute Gasteiger partial charge is 0.165 e. The highest BCUT2D eigenvalue weighted by molar-refractivity contribution is 5.98. The number of carbonyl (C=O) groups excluding carboxylic acids is 1. The number of aliphatic hydroxyl groups is 1. The van der Waals surface area contributed by atoms with Crippen LogP contribution in [-0.4, -0.2) is 10.9 Å². The molecule has 0 aliphatic heterocycles. The Morgan fingerprint density at radius 3 is 2.58 bits per heavy atom. The summed E-state index contributed by atoms with van der Waals surface area (Å²) in [7, 11) is 0. The first kappa shape index (κ1) is 7.84. The number of carbonyl (C=O) groups is 1. The number of Topliss-reactive ketones (excluding diaryl/α,β-unsaturated/α-hetero) is 1. The Kier molecular flexibility index (Phi) is 1.91. The molecule has 66 valence electrons. The molecule has 0 unspecified atom stereocenters. The molecule has 12 heavy (non-hydrogen) atoms. The quantitative estimate of drug-likeness (QED) is 0.442. The molecule has 2 nitrogen and oxygen atoms in total. The van der Waals surface area contributed by atoms with Crippen LogP contribution in [0.1, 0.15) is 32.1 Å². The summed E-state index contributed by atoms with van der Waals surface area (Å²) in [5, 5.41) is 8.93. The third-order valence-electron chi connectivity index (χ3n) is 3.20. The van der Waals surface area contributed by atoms with E-state index in [-0.39, 0.29) is 11.7 Å². The van der Waals surface area contributed by atoms with Gasteiger partial charge in [-0.25, -0.2) is 0 Å². The van der Waals surface area contributed by atoms with Crippen molar-refractivity contribution in [3.05, 3.63) is 11.8 Å². The van der Waals surface area contributed by atoms with E-state index in [0.29, 0.717) is 11.5 Å². The van der Waals surface area contributed by atoms with Crippen molar-refractivity contribution in [3.8, 4) is 0 Å². The molecule has 2 heteroatoms. The summed E-state index contributed by atoms with van der Waals surface area (Å²) in [5.41, 5.74) is 0.698. The lowest BCUT2D eigenvalue weighted by Crippen LogP contribution is -2.24. The van der Waals surface area contributed by atoms with Gasteiger partial charge in [-0.2, -0.15) is 0 Å². The highest BCUT2D eigenvalue weighted by Crippen LogP contribution is 2.39.